The largest absolute Gasteiger partial charge is 0.381 e. The number of fused-ring (bicyclic) bond motifs is 2. The minimum atomic E-state index is 0.223. The van der Waals surface area contributed by atoms with Gasteiger partial charge in [0.2, 0.25) is 5.91 Å². The summed E-state index contributed by atoms with van der Waals surface area (Å²) in [5.41, 5.74) is 0. The zero-order valence-electron chi connectivity index (χ0n) is 9.58. The van der Waals surface area contributed by atoms with Crippen molar-refractivity contribution in [2.75, 3.05) is 19.8 Å². The van der Waals surface area contributed by atoms with Crippen LogP contribution in [0, 0.1) is 11.8 Å². The van der Waals surface area contributed by atoms with Crippen molar-refractivity contribution in [3.8, 4) is 0 Å². The first-order chi connectivity index (χ1) is 7.83. The Labute approximate surface area is 96.1 Å². The summed E-state index contributed by atoms with van der Waals surface area (Å²) in [7, 11) is 0. The molecule has 0 aromatic rings. The molecule has 4 nitrogen and oxygen atoms in total. The van der Waals surface area contributed by atoms with Crippen molar-refractivity contribution in [2.24, 2.45) is 11.8 Å². The van der Waals surface area contributed by atoms with Crippen LogP contribution in [0.25, 0.3) is 0 Å². The van der Waals surface area contributed by atoms with E-state index >= 15 is 0 Å². The number of amides is 1. The van der Waals surface area contributed by atoms with Crippen LogP contribution in [0.5, 0.6) is 0 Å². The maximum absolute atomic E-state index is 12.0. The first-order valence-corrected chi connectivity index (χ1v) is 6.44. The van der Waals surface area contributed by atoms with Gasteiger partial charge in [-0.15, -0.1) is 0 Å². The van der Waals surface area contributed by atoms with E-state index in [1.807, 2.05) is 0 Å². The fourth-order valence-corrected chi connectivity index (χ4v) is 3.23. The molecule has 90 valence electrons. The van der Waals surface area contributed by atoms with Gasteiger partial charge in [-0.05, 0) is 25.7 Å². The summed E-state index contributed by atoms with van der Waals surface area (Å²) in [5.74, 6) is 1.02. The summed E-state index contributed by atoms with van der Waals surface area (Å²) in [6, 6.07) is 1.06. The third-order valence-corrected chi connectivity index (χ3v) is 4.23. The lowest BCUT2D eigenvalue weighted by Crippen LogP contribution is -2.39. The van der Waals surface area contributed by atoms with Crippen molar-refractivity contribution in [1.82, 2.24) is 10.6 Å². The fourth-order valence-electron chi connectivity index (χ4n) is 3.23. The van der Waals surface area contributed by atoms with E-state index in [0.717, 1.165) is 32.6 Å². The van der Waals surface area contributed by atoms with Crippen molar-refractivity contribution >= 4 is 5.91 Å². The maximum Gasteiger partial charge on any atom is 0.224 e. The molecule has 0 spiro atoms. The summed E-state index contributed by atoms with van der Waals surface area (Å²) < 4.78 is 5.30. The molecular formula is C12H20N2O2. The van der Waals surface area contributed by atoms with Gasteiger partial charge in [-0.25, -0.2) is 0 Å². The number of rotatable bonds is 3. The van der Waals surface area contributed by atoms with E-state index in [2.05, 4.69) is 10.6 Å². The molecule has 2 N–H and O–H groups in total. The van der Waals surface area contributed by atoms with Gasteiger partial charge in [-0.2, -0.15) is 0 Å². The molecule has 3 aliphatic heterocycles. The summed E-state index contributed by atoms with van der Waals surface area (Å²) in [4.78, 5) is 12.0. The number of carbonyl (C=O) groups excluding carboxylic acids is 1. The normalized spacial score (nSPS) is 41.5. The second kappa shape index (κ2) is 4.34. The third kappa shape index (κ3) is 1.96. The molecule has 2 bridgehead atoms. The molecule has 0 radical (unpaired) electrons. The Morgan fingerprint density at radius 2 is 2.31 bits per heavy atom. The lowest BCUT2D eigenvalue weighted by Gasteiger charge is -2.20. The molecule has 0 aliphatic carbocycles. The highest BCUT2D eigenvalue weighted by atomic mass is 16.5. The molecule has 3 saturated heterocycles. The Kier molecular flexibility index (Phi) is 2.86. The Morgan fingerprint density at radius 1 is 1.38 bits per heavy atom. The first-order valence-electron chi connectivity index (χ1n) is 6.44. The van der Waals surface area contributed by atoms with Crippen molar-refractivity contribution in [2.45, 2.75) is 37.8 Å². The third-order valence-electron chi connectivity index (χ3n) is 4.23. The molecular weight excluding hydrogens is 204 g/mol. The highest BCUT2D eigenvalue weighted by Crippen LogP contribution is 2.33. The molecule has 1 amide bonds. The van der Waals surface area contributed by atoms with E-state index in [0.29, 0.717) is 18.0 Å². The second-order valence-corrected chi connectivity index (χ2v) is 5.36. The molecule has 0 aromatic heterocycles. The minimum absolute atomic E-state index is 0.223. The van der Waals surface area contributed by atoms with Gasteiger partial charge in [-0.3, -0.25) is 4.79 Å². The topological polar surface area (TPSA) is 50.4 Å². The summed E-state index contributed by atoms with van der Waals surface area (Å²) in [5, 5.41) is 6.59. The van der Waals surface area contributed by atoms with Gasteiger partial charge in [0, 0.05) is 31.2 Å². The monoisotopic (exact) mass is 224 g/mol. The van der Waals surface area contributed by atoms with E-state index in [4.69, 9.17) is 4.74 Å². The number of nitrogens with one attached hydrogen (secondary N) is 2. The standard InChI is InChI=1S/C12H20N2O2/c15-12(13-6-8-3-4-16-7-8)10-5-9-1-2-11(10)14-9/h8-11,14H,1-7H2,(H,13,15). The van der Waals surface area contributed by atoms with Crippen LogP contribution in [0.4, 0.5) is 0 Å². The van der Waals surface area contributed by atoms with Crippen LogP contribution < -0.4 is 10.6 Å². The van der Waals surface area contributed by atoms with E-state index in [-0.39, 0.29) is 11.8 Å². The number of hydrogen-bond acceptors (Lipinski definition) is 3. The smallest absolute Gasteiger partial charge is 0.224 e. The van der Waals surface area contributed by atoms with Crippen LogP contribution in [0.1, 0.15) is 25.7 Å². The van der Waals surface area contributed by atoms with Crippen LogP contribution in [0.15, 0.2) is 0 Å². The molecule has 0 aromatic carbocycles. The summed E-state index contributed by atoms with van der Waals surface area (Å²) in [6.45, 7) is 2.47. The van der Waals surface area contributed by atoms with Crippen molar-refractivity contribution in [1.29, 1.82) is 0 Å². The number of hydrogen-bond donors (Lipinski definition) is 2. The summed E-state index contributed by atoms with van der Waals surface area (Å²) in [6.07, 6.45) is 4.56. The molecule has 0 saturated carbocycles. The van der Waals surface area contributed by atoms with Crippen molar-refractivity contribution in [3.05, 3.63) is 0 Å². The van der Waals surface area contributed by atoms with Crippen LogP contribution in [0.3, 0.4) is 0 Å². The summed E-state index contributed by atoms with van der Waals surface area (Å²) >= 11 is 0. The molecule has 16 heavy (non-hydrogen) atoms. The number of carbonyl (C=O) groups is 1. The molecule has 3 aliphatic rings. The molecule has 3 rings (SSSR count). The zero-order chi connectivity index (χ0) is 11.0. The number of ether oxygens (including phenoxy) is 1. The minimum Gasteiger partial charge on any atom is -0.381 e. The van der Waals surface area contributed by atoms with Crippen molar-refractivity contribution in [3.63, 3.8) is 0 Å². The van der Waals surface area contributed by atoms with Gasteiger partial charge < -0.3 is 15.4 Å². The van der Waals surface area contributed by atoms with Crippen molar-refractivity contribution < 1.29 is 9.53 Å². The lowest BCUT2D eigenvalue weighted by atomic mass is 9.88. The molecule has 3 heterocycles. The predicted octanol–water partition coefficient (Wildman–Crippen LogP) is 0.280. The van der Waals surface area contributed by atoms with Crippen LogP contribution in [-0.2, 0) is 9.53 Å². The van der Waals surface area contributed by atoms with E-state index in [1.165, 1.54) is 12.8 Å². The van der Waals surface area contributed by atoms with Crippen LogP contribution >= 0.6 is 0 Å². The molecule has 4 heteroatoms. The van der Waals surface area contributed by atoms with Gasteiger partial charge in [0.1, 0.15) is 0 Å². The van der Waals surface area contributed by atoms with E-state index in [9.17, 15) is 4.79 Å². The van der Waals surface area contributed by atoms with Gasteiger partial charge >= 0.3 is 0 Å². The molecule has 4 unspecified atom stereocenters. The Hall–Kier alpha value is -0.610. The average molecular weight is 224 g/mol. The highest BCUT2D eigenvalue weighted by molar-refractivity contribution is 5.80. The van der Waals surface area contributed by atoms with Gasteiger partial charge in [0.15, 0.2) is 0 Å². The van der Waals surface area contributed by atoms with Crippen LogP contribution in [-0.4, -0.2) is 37.7 Å². The SMILES string of the molecule is O=C(NCC1CCOC1)C1CC2CCC1N2. The lowest BCUT2D eigenvalue weighted by molar-refractivity contribution is -0.125. The van der Waals surface area contributed by atoms with Gasteiger partial charge in [-0.1, -0.05) is 0 Å². The fraction of sp³-hybridized carbons (Fsp3) is 0.917. The Bertz CT molecular complexity index is 276. The maximum atomic E-state index is 12.0. The first kappa shape index (κ1) is 10.5. The zero-order valence-corrected chi connectivity index (χ0v) is 9.58. The second-order valence-electron chi connectivity index (χ2n) is 5.36. The van der Waals surface area contributed by atoms with E-state index in [1.54, 1.807) is 0 Å². The quantitative estimate of drug-likeness (QED) is 0.724. The highest BCUT2D eigenvalue weighted by Gasteiger charge is 2.42. The average Bonchev–Trinajstić information content (AvgIpc) is 3.01. The van der Waals surface area contributed by atoms with E-state index < -0.39 is 0 Å². The Balaban J connectivity index is 1.46. The van der Waals surface area contributed by atoms with Gasteiger partial charge in [0.25, 0.3) is 0 Å². The molecule has 3 fully saturated rings. The predicted molar refractivity (Wildman–Crippen MR) is 60.0 cm³/mol. The molecule has 4 atom stereocenters. The van der Waals surface area contributed by atoms with Gasteiger partial charge in [0.05, 0.1) is 12.5 Å². The van der Waals surface area contributed by atoms with Crippen LogP contribution in [0.2, 0.25) is 0 Å². The Morgan fingerprint density at radius 3 is 2.94 bits per heavy atom.